The molecule has 1 aliphatic heterocycles. The van der Waals surface area contributed by atoms with E-state index in [-0.39, 0.29) is 11.9 Å². The molecule has 0 aromatic rings. The molecule has 0 saturated carbocycles. The Kier molecular flexibility index (Phi) is 6.22. The molecular formula is C12H25N3O3S. The fraction of sp³-hybridized carbons (Fsp3) is 0.917. The summed E-state index contributed by atoms with van der Waals surface area (Å²) in [7, 11) is -3.10. The number of nitrogens with zero attached hydrogens (tertiary/aromatic N) is 1. The Hall–Kier alpha value is -0.660. The lowest BCUT2D eigenvalue weighted by molar-refractivity contribution is -0.122. The normalized spacial score (nSPS) is 20.2. The molecule has 0 radical (unpaired) electrons. The van der Waals surface area contributed by atoms with Crippen molar-refractivity contribution >= 4 is 15.9 Å². The third-order valence-corrected chi connectivity index (χ3v) is 4.86. The predicted octanol–water partition coefficient (Wildman–Crippen LogP) is -0.0984. The zero-order chi connectivity index (χ0) is 14.5. The van der Waals surface area contributed by atoms with E-state index in [9.17, 15) is 13.2 Å². The van der Waals surface area contributed by atoms with Crippen LogP contribution >= 0.6 is 0 Å². The number of piperidine rings is 1. The molecule has 0 spiro atoms. The standard InChI is InChI=1S/C12H25N3O3S/c1-10(9-13)3-4-12(16)14-11-5-7-15(8-6-11)19(2,17)18/h10-11H,3-9,13H2,1-2H3,(H,14,16). The Labute approximate surface area is 115 Å². The lowest BCUT2D eigenvalue weighted by atomic mass is 10.0. The first-order valence-corrected chi connectivity index (χ1v) is 8.62. The fourth-order valence-electron chi connectivity index (χ4n) is 2.13. The number of sulfonamides is 1. The van der Waals surface area contributed by atoms with Crippen molar-refractivity contribution in [1.29, 1.82) is 0 Å². The molecule has 1 aliphatic rings. The van der Waals surface area contributed by atoms with Crippen molar-refractivity contribution in [1.82, 2.24) is 9.62 Å². The maximum absolute atomic E-state index is 11.7. The third kappa shape index (κ3) is 5.88. The molecule has 1 rings (SSSR count). The van der Waals surface area contributed by atoms with Crippen LogP contribution in [-0.2, 0) is 14.8 Å². The summed E-state index contributed by atoms with van der Waals surface area (Å²) in [6.45, 7) is 3.60. The van der Waals surface area contributed by atoms with Crippen LogP contribution in [0, 0.1) is 5.92 Å². The molecule has 1 amide bonds. The molecule has 1 saturated heterocycles. The molecule has 1 fully saturated rings. The minimum absolute atomic E-state index is 0.0399. The number of rotatable bonds is 6. The average molecular weight is 291 g/mol. The smallest absolute Gasteiger partial charge is 0.220 e. The minimum Gasteiger partial charge on any atom is -0.353 e. The summed E-state index contributed by atoms with van der Waals surface area (Å²) >= 11 is 0. The molecule has 3 N–H and O–H groups in total. The summed E-state index contributed by atoms with van der Waals surface area (Å²) in [5.41, 5.74) is 5.50. The van der Waals surface area contributed by atoms with Gasteiger partial charge in [-0.2, -0.15) is 0 Å². The SMILES string of the molecule is CC(CN)CCC(=O)NC1CCN(S(C)(=O)=O)CC1. The van der Waals surface area contributed by atoms with Crippen LogP contribution in [0.5, 0.6) is 0 Å². The highest BCUT2D eigenvalue weighted by molar-refractivity contribution is 7.88. The Bertz CT molecular complexity index is 389. The number of carbonyl (C=O) groups is 1. The lowest BCUT2D eigenvalue weighted by Crippen LogP contribution is -2.46. The van der Waals surface area contributed by atoms with Gasteiger partial charge in [0.25, 0.3) is 0 Å². The number of nitrogens with two attached hydrogens (primary N) is 1. The Morgan fingerprint density at radius 1 is 1.42 bits per heavy atom. The molecule has 7 heteroatoms. The van der Waals surface area contributed by atoms with Gasteiger partial charge in [0, 0.05) is 25.6 Å². The second kappa shape index (κ2) is 7.21. The number of carbonyl (C=O) groups excluding carboxylic acids is 1. The van der Waals surface area contributed by atoms with Crippen molar-refractivity contribution in [3.05, 3.63) is 0 Å². The molecule has 1 unspecified atom stereocenters. The van der Waals surface area contributed by atoms with Crippen LogP contribution in [0.2, 0.25) is 0 Å². The van der Waals surface area contributed by atoms with Gasteiger partial charge in [0.05, 0.1) is 6.26 Å². The summed E-state index contributed by atoms with van der Waals surface area (Å²) in [5, 5.41) is 2.97. The second-order valence-corrected chi connectivity index (χ2v) is 7.37. The summed E-state index contributed by atoms with van der Waals surface area (Å²) in [5.74, 6) is 0.399. The van der Waals surface area contributed by atoms with E-state index in [0.717, 1.165) is 6.42 Å². The Morgan fingerprint density at radius 3 is 2.47 bits per heavy atom. The Balaban J connectivity index is 2.27. The van der Waals surface area contributed by atoms with Crippen LogP contribution in [0.4, 0.5) is 0 Å². The first-order valence-electron chi connectivity index (χ1n) is 6.77. The lowest BCUT2D eigenvalue weighted by Gasteiger charge is -2.30. The Morgan fingerprint density at radius 2 is 2.00 bits per heavy atom. The average Bonchev–Trinajstić information content (AvgIpc) is 2.35. The maximum atomic E-state index is 11.7. The number of hydrogen-bond donors (Lipinski definition) is 2. The van der Waals surface area contributed by atoms with Crippen LogP contribution in [0.3, 0.4) is 0 Å². The summed E-state index contributed by atoms with van der Waals surface area (Å²) in [6, 6.07) is 0.0960. The molecular weight excluding hydrogens is 266 g/mol. The zero-order valence-electron chi connectivity index (χ0n) is 11.8. The molecule has 1 heterocycles. The topological polar surface area (TPSA) is 92.5 Å². The minimum atomic E-state index is -3.10. The van der Waals surface area contributed by atoms with E-state index in [1.165, 1.54) is 10.6 Å². The molecule has 112 valence electrons. The number of nitrogens with one attached hydrogen (secondary N) is 1. The molecule has 0 aliphatic carbocycles. The van der Waals surface area contributed by atoms with Gasteiger partial charge in [-0.15, -0.1) is 0 Å². The van der Waals surface area contributed by atoms with Gasteiger partial charge in [-0.1, -0.05) is 6.92 Å². The quantitative estimate of drug-likeness (QED) is 0.715. The van der Waals surface area contributed by atoms with Crippen LogP contribution in [0.15, 0.2) is 0 Å². The van der Waals surface area contributed by atoms with E-state index in [2.05, 4.69) is 5.32 Å². The zero-order valence-corrected chi connectivity index (χ0v) is 12.6. The monoisotopic (exact) mass is 291 g/mol. The maximum Gasteiger partial charge on any atom is 0.220 e. The van der Waals surface area contributed by atoms with E-state index in [0.29, 0.717) is 44.8 Å². The first-order chi connectivity index (χ1) is 8.82. The summed E-state index contributed by atoms with van der Waals surface area (Å²) < 4.78 is 24.2. The van der Waals surface area contributed by atoms with Gasteiger partial charge in [-0.05, 0) is 31.7 Å². The third-order valence-electron chi connectivity index (χ3n) is 3.55. The summed E-state index contributed by atoms with van der Waals surface area (Å²) in [6.07, 6.45) is 3.88. The molecule has 0 aromatic carbocycles. The highest BCUT2D eigenvalue weighted by atomic mass is 32.2. The highest BCUT2D eigenvalue weighted by Gasteiger charge is 2.25. The van der Waals surface area contributed by atoms with Crippen molar-refractivity contribution in [3.8, 4) is 0 Å². The predicted molar refractivity (Wildman–Crippen MR) is 75.0 cm³/mol. The van der Waals surface area contributed by atoms with E-state index in [4.69, 9.17) is 5.73 Å². The van der Waals surface area contributed by atoms with Gasteiger partial charge >= 0.3 is 0 Å². The van der Waals surface area contributed by atoms with Gasteiger partial charge in [0.2, 0.25) is 15.9 Å². The van der Waals surface area contributed by atoms with Crippen molar-refractivity contribution in [2.75, 3.05) is 25.9 Å². The van der Waals surface area contributed by atoms with Crippen LogP contribution in [0.25, 0.3) is 0 Å². The molecule has 0 aromatic heterocycles. The number of amides is 1. The van der Waals surface area contributed by atoms with E-state index >= 15 is 0 Å². The van der Waals surface area contributed by atoms with Crippen molar-refractivity contribution < 1.29 is 13.2 Å². The van der Waals surface area contributed by atoms with Gasteiger partial charge in [0.15, 0.2) is 0 Å². The van der Waals surface area contributed by atoms with Gasteiger partial charge in [0.1, 0.15) is 0 Å². The van der Waals surface area contributed by atoms with E-state index < -0.39 is 10.0 Å². The largest absolute Gasteiger partial charge is 0.353 e. The van der Waals surface area contributed by atoms with Crippen molar-refractivity contribution in [2.45, 2.75) is 38.6 Å². The van der Waals surface area contributed by atoms with Crippen molar-refractivity contribution in [3.63, 3.8) is 0 Å². The molecule has 6 nitrogen and oxygen atoms in total. The van der Waals surface area contributed by atoms with E-state index in [1.54, 1.807) is 0 Å². The second-order valence-electron chi connectivity index (χ2n) is 5.38. The summed E-state index contributed by atoms with van der Waals surface area (Å²) in [4.78, 5) is 11.7. The van der Waals surface area contributed by atoms with Gasteiger partial charge < -0.3 is 11.1 Å². The van der Waals surface area contributed by atoms with Crippen LogP contribution in [0.1, 0.15) is 32.6 Å². The fourth-order valence-corrected chi connectivity index (χ4v) is 3.00. The molecule has 1 atom stereocenters. The van der Waals surface area contributed by atoms with Crippen molar-refractivity contribution in [2.24, 2.45) is 11.7 Å². The number of hydrogen-bond acceptors (Lipinski definition) is 4. The highest BCUT2D eigenvalue weighted by Crippen LogP contribution is 2.13. The molecule has 0 bridgehead atoms. The van der Waals surface area contributed by atoms with Gasteiger partial charge in [-0.3, -0.25) is 4.79 Å². The first kappa shape index (κ1) is 16.4. The van der Waals surface area contributed by atoms with Gasteiger partial charge in [-0.25, -0.2) is 12.7 Å². The van der Waals surface area contributed by atoms with Crippen LogP contribution < -0.4 is 11.1 Å². The molecule has 19 heavy (non-hydrogen) atoms. The van der Waals surface area contributed by atoms with E-state index in [1.807, 2.05) is 6.92 Å². The van der Waals surface area contributed by atoms with Crippen LogP contribution in [-0.4, -0.2) is 50.6 Å².